The lowest BCUT2D eigenvalue weighted by molar-refractivity contribution is 0.0393. The lowest BCUT2D eigenvalue weighted by Crippen LogP contribution is -2.39. The van der Waals surface area contributed by atoms with Gasteiger partial charge in [-0.1, -0.05) is 6.92 Å². The van der Waals surface area contributed by atoms with E-state index >= 15 is 0 Å². The summed E-state index contributed by atoms with van der Waals surface area (Å²) >= 11 is 0. The van der Waals surface area contributed by atoms with Gasteiger partial charge in [-0.25, -0.2) is 0 Å². The third-order valence-electron chi connectivity index (χ3n) is 2.79. The summed E-state index contributed by atoms with van der Waals surface area (Å²) in [6, 6.07) is 0. The molecule has 0 saturated heterocycles. The Kier molecular flexibility index (Phi) is 5.45. The van der Waals surface area contributed by atoms with E-state index in [-0.39, 0.29) is 6.10 Å². The lowest BCUT2D eigenvalue weighted by Gasteiger charge is -2.25. The zero-order valence-electron chi connectivity index (χ0n) is 9.54. The van der Waals surface area contributed by atoms with Crippen molar-refractivity contribution in [3.63, 3.8) is 0 Å². The van der Waals surface area contributed by atoms with E-state index in [4.69, 9.17) is 10.5 Å². The van der Waals surface area contributed by atoms with E-state index in [1.165, 1.54) is 19.4 Å². The van der Waals surface area contributed by atoms with Crippen LogP contribution in [0.5, 0.6) is 0 Å². The average Bonchev–Trinajstić information content (AvgIpc) is 2.99. The number of nitrogens with two attached hydrogens (primary N) is 1. The van der Waals surface area contributed by atoms with Crippen molar-refractivity contribution in [3.05, 3.63) is 0 Å². The third-order valence-corrected chi connectivity index (χ3v) is 2.79. The lowest BCUT2D eigenvalue weighted by atomic mass is 10.3. The van der Waals surface area contributed by atoms with Gasteiger partial charge in [-0.15, -0.1) is 0 Å². The smallest absolute Gasteiger partial charge is 0.0823 e. The van der Waals surface area contributed by atoms with Crippen molar-refractivity contribution in [3.8, 4) is 0 Å². The van der Waals surface area contributed by atoms with E-state index in [9.17, 15) is 0 Å². The second-order valence-electron chi connectivity index (χ2n) is 4.11. The Morgan fingerprint density at radius 3 is 2.57 bits per heavy atom. The minimum atomic E-state index is 0.221. The zero-order chi connectivity index (χ0) is 10.4. The van der Waals surface area contributed by atoms with Crippen LogP contribution in [0, 0.1) is 5.92 Å². The molecule has 1 rings (SSSR count). The van der Waals surface area contributed by atoms with Crippen molar-refractivity contribution >= 4 is 0 Å². The number of ether oxygens (including phenoxy) is 1. The molecule has 2 N–H and O–H groups in total. The fraction of sp³-hybridized carbons (Fsp3) is 1.00. The maximum absolute atomic E-state index is 5.66. The molecule has 3 heteroatoms. The quantitative estimate of drug-likeness (QED) is 0.637. The second kappa shape index (κ2) is 6.38. The van der Waals surface area contributed by atoms with Gasteiger partial charge < -0.3 is 15.4 Å². The van der Waals surface area contributed by atoms with Crippen LogP contribution in [0.1, 0.15) is 26.7 Å². The molecule has 0 radical (unpaired) electrons. The van der Waals surface area contributed by atoms with Crippen molar-refractivity contribution in [2.45, 2.75) is 32.8 Å². The van der Waals surface area contributed by atoms with Gasteiger partial charge in [0.1, 0.15) is 0 Å². The molecular weight excluding hydrogens is 176 g/mol. The van der Waals surface area contributed by atoms with Crippen molar-refractivity contribution in [2.24, 2.45) is 11.7 Å². The third kappa shape index (κ3) is 4.40. The van der Waals surface area contributed by atoms with Crippen LogP contribution in [-0.4, -0.2) is 43.8 Å². The molecule has 0 aliphatic heterocycles. The van der Waals surface area contributed by atoms with Gasteiger partial charge in [0.25, 0.3) is 0 Å². The molecule has 0 spiro atoms. The highest BCUT2D eigenvalue weighted by Gasteiger charge is 2.24. The fourth-order valence-electron chi connectivity index (χ4n) is 1.72. The summed E-state index contributed by atoms with van der Waals surface area (Å²) in [5, 5.41) is 0. The van der Waals surface area contributed by atoms with Crippen LogP contribution in [0.4, 0.5) is 0 Å². The van der Waals surface area contributed by atoms with Gasteiger partial charge in [0.05, 0.1) is 6.10 Å². The van der Waals surface area contributed by atoms with E-state index in [1.807, 2.05) is 6.92 Å². The minimum Gasteiger partial charge on any atom is -0.376 e. The van der Waals surface area contributed by atoms with Crippen LogP contribution in [0.15, 0.2) is 0 Å². The first-order valence-electron chi connectivity index (χ1n) is 5.84. The summed E-state index contributed by atoms with van der Waals surface area (Å²) in [6.45, 7) is 8.98. The summed E-state index contributed by atoms with van der Waals surface area (Å²) in [4.78, 5) is 2.46. The van der Waals surface area contributed by atoms with Crippen LogP contribution >= 0.6 is 0 Å². The molecule has 0 amide bonds. The predicted molar refractivity (Wildman–Crippen MR) is 59.3 cm³/mol. The predicted octanol–water partition coefficient (Wildman–Crippen LogP) is 1.08. The number of hydrogen-bond donors (Lipinski definition) is 1. The molecule has 1 aliphatic rings. The number of likely N-dealkylation sites (N-methyl/N-ethyl adjacent to an activating group) is 1. The Labute approximate surface area is 87.6 Å². The van der Waals surface area contributed by atoms with Crippen molar-refractivity contribution in [2.75, 3.05) is 32.8 Å². The Bertz CT molecular complexity index is 148. The van der Waals surface area contributed by atoms with Crippen LogP contribution in [0.2, 0.25) is 0 Å². The molecule has 1 aliphatic carbocycles. The largest absolute Gasteiger partial charge is 0.376 e. The Morgan fingerprint density at radius 2 is 2.14 bits per heavy atom. The van der Waals surface area contributed by atoms with Crippen molar-refractivity contribution < 1.29 is 4.74 Å². The first-order chi connectivity index (χ1) is 6.80. The highest BCUT2D eigenvalue weighted by molar-refractivity contribution is 4.78. The molecule has 1 fully saturated rings. The molecule has 0 heterocycles. The maximum atomic E-state index is 5.66. The van der Waals surface area contributed by atoms with Gasteiger partial charge in [-0.3, -0.25) is 0 Å². The van der Waals surface area contributed by atoms with Gasteiger partial charge in [0, 0.05) is 26.2 Å². The summed E-state index contributed by atoms with van der Waals surface area (Å²) in [5.74, 6) is 0.954. The first kappa shape index (κ1) is 12.0. The van der Waals surface area contributed by atoms with Crippen molar-refractivity contribution in [1.82, 2.24) is 4.90 Å². The maximum Gasteiger partial charge on any atom is 0.0823 e. The molecule has 84 valence electrons. The normalized spacial score (nSPS) is 18.9. The van der Waals surface area contributed by atoms with E-state index in [0.717, 1.165) is 25.6 Å². The Morgan fingerprint density at radius 1 is 1.43 bits per heavy atom. The molecule has 1 saturated carbocycles. The van der Waals surface area contributed by atoms with Gasteiger partial charge in [-0.05, 0) is 32.2 Å². The fourth-order valence-corrected chi connectivity index (χ4v) is 1.72. The average molecular weight is 200 g/mol. The molecule has 0 aromatic carbocycles. The highest BCUT2D eigenvalue weighted by Crippen LogP contribution is 2.29. The molecule has 14 heavy (non-hydrogen) atoms. The highest BCUT2D eigenvalue weighted by atomic mass is 16.5. The van der Waals surface area contributed by atoms with Gasteiger partial charge in [0.15, 0.2) is 0 Å². The summed E-state index contributed by atoms with van der Waals surface area (Å²) in [7, 11) is 0. The Hall–Kier alpha value is -0.120. The van der Waals surface area contributed by atoms with E-state index in [0.29, 0.717) is 6.54 Å². The van der Waals surface area contributed by atoms with E-state index < -0.39 is 0 Å². The molecule has 3 nitrogen and oxygen atoms in total. The molecule has 0 aromatic heterocycles. The van der Waals surface area contributed by atoms with Crippen LogP contribution in [-0.2, 0) is 4.74 Å². The topological polar surface area (TPSA) is 38.5 Å². The molecule has 1 unspecified atom stereocenters. The van der Waals surface area contributed by atoms with Gasteiger partial charge in [-0.2, -0.15) is 0 Å². The second-order valence-corrected chi connectivity index (χ2v) is 4.11. The summed E-state index contributed by atoms with van der Waals surface area (Å²) < 4.78 is 5.56. The molecule has 1 atom stereocenters. The summed E-state index contributed by atoms with van der Waals surface area (Å²) in [5.41, 5.74) is 5.66. The summed E-state index contributed by atoms with van der Waals surface area (Å²) in [6.07, 6.45) is 3.05. The van der Waals surface area contributed by atoms with Gasteiger partial charge >= 0.3 is 0 Å². The SMILES string of the molecule is CCOC(CN)CN(CC)CC1CC1. The van der Waals surface area contributed by atoms with Crippen LogP contribution in [0.25, 0.3) is 0 Å². The number of hydrogen-bond acceptors (Lipinski definition) is 3. The van der Waals surface area contributed by atoms with Crippen LogP contribution < -0.4 is 5.73 Å². The van der Waals surface area contributed by atoms with Crippen molar-refractivity contribution in [1.29, 1.82) is 0 Å². The minimum absolute atomic E-state index is 0.221. The first-order valence-corrected chi connectivity index (χ1v) is 5.84. The molecule has 0 bridgehead atoms. The van der Waals surface area contributed by atoms with E-state index in [2.05, 4.69) is 11.8 Å². The van der Waals surface area contributed by atoms with Gasteiger partial charge in [0.2, 0.25) is 0 Å². The number of rotatable bonds is 8. The molecule has 0 aromatic rings. The van der Waals surface area contributed by atoms with E-state index in [1.54, 1.807) is 0 Å². The molecular formula is C11H24N2O. The Balaban J connectivity index is 2.20. The zero-order valence-corrected chi connectivity index (χ0v) is 9.54. The van der Waals surface area contributed by atoms with Crippen LogP contribution in [0.3, 0.4) is 0 Å². The monoisotopic (exact) mass is 200 g/mol. The standard InChI is InChI=1S/C11H24N2O/c1-3-13(8-10-5-6-10)9-11(7-12)14-4-2/h10-11H,3-9,12H2,1-2H3. The number of nitrogens with zero attached hydrogens (tertiary/aromatic N) is 1.